The van der Waals surface area contributed by atoms with Crippen LogP contribution in [0.5, 0.6) is 0 Å². The van der Waals surface area contributed by atoms with E-state index in [2.05, 4.69) is 32.0 Å². The van der Waals surface area contributed by atoms with E-state index in [0.717, 1.165) is 38.5 Å². The van der Waals surface area contributed by atoms with Crippen LogP contribution in [0.4, 0.5) is 0 Å². The minimum atomic E-state index is 0.266. The predicted octanol–water partition coefficient (Wildman–Crippen LogP) is 5.29. The van der Waals surface area contributed by atoms with Gasteiger partial charge in [0.05, 0.1) is 6.10 Å². The normalized spacial score (nSPS) is 26.4. The van der Waals surface area contributed by atoms with E-state index in [9.17, 15) is 4.79 Å². The summed E-state index contributed by atoms with van der Waals surface area (Å²) in [6.07, 6.45) is 10.3. The Kier molecular flexibility index (Phi) is 6.33. The molecule has 25 heavy (non-hydrogen) atoms. The molecule has 1 fully saturated rings. The van der Waals surface area contributed by atoms with Crippen LogP contribution in [0.25, 0.3) is 0 Å². The van der Waals surface area contributed by atoms with E-state index in [1.165, 1.54) is 36.0 Å². The summed E-state index contributed by atoms with van der Waals surface area (Å²) in [7, 11) is 1.83. The lowest BCUT2D eigenvalue weighted by atomic mass is 9.73. The molecular formula is C23H34O2. The minimum absolute atomic E-state index is 0.266. The molecule has 2 aliphatic carbocycles. The smallest absolute Gasteiger partial charge is 0.136 e. The molecule has 2 nitrogen and oxygen atoms in total. The van der Waals surface area contributed by atoms with Crippen LogP contribution < -0.4 is 0 Å². The number of hydrogen-bond acceptors (Lipinski definition) is 2. The fraction of sp³-hybridized carbons (Fsp3) is 0.696. The van der Waals surface area contributed by atoms with Gasteiger partial charge in [-0.3, -0.25) is 4.79 Å². The number of benzene rings is 1. The Morgan fingerprint density at radius 2 is 2.00 bits per heavy atom. The SMILES string of the molecule is CCCCC[C@@H](CCC1C(=O)CC2Cc3c(C)cccc3CC21)OC. The summed E-state index contributed by atoms with van der Waals surface area (Å²) < 4.78 is 5.69. The molecule has 1 saturated carbocycles. The van der Waals surface area contributed by atoms with Gasteiger partial charge >= 0.3 is 0 Å². The second-order valence-electron chi connectivity index (χ2n) is 8.25. The summed E-state index contributed by atoms with van der Waals surface area (Å²) in [5, 5.41) is 0. The maximum absolute atomic E-state index is 12.7. The van der Waals surface area contributed by atoms with Gasteiger partial charge in [-0.15, -0.1) is 0 Å². The number of carbonyl (C=O) groups is 1. The lowest BCUT2D eigenvalue weighted by Gasteiger charge is -2.31. The summed E-state index contributed by atoms with van der Waals surface area (Å²) in [6, 6.07) is 6.67. The summed E-state index contributed by atoms with van der Waals surface area (Å²) >= 11 is 0. The largest absolute Gasteiger partial charge is 0.381 e. The van der Waals surface area contributed by atoms with E-state index in [1.54, 1.807) is 0 Å². The summed E-state index contributed by atoms with van der Waals surface area (Å²) in [5.41, 5.74) is 4.42. The predicted molar refractivity (Wildman–Crippen MR) is 103 cm³/mol. The molecular weight excluding hydrogens is 308 g/mol. The van der Waals surface area contributed by atoms with E-state index in [1.807, 2.05) is 7.11 Å². The van der Waals surface area contributed by atoms with Gasteiger partial charge in [0.1, 0.15) is 5.78 Å². The van der Waals surface area contributed by atoms with E-state index >= 15 is 0 Å². The van der Waals surface area contributed by atoms with Crippen molar-refractivity contribution in [3.05, 3.63) is 34.9 Å². The average molecular weight is 343 g/mol. The minimum Gasteiger partial charge on any atom is -0.381 e. The van der Waals surface area contributed by atoms with Crippen molar-refractivity contribution in [1.82, 2.24) is 0 Å². The van der Waals surface area contributed by atoms with Gasteiger partial charge in [-0.2, -0.15) is 0 Å². The zero-order chi connectivity index (χ0) is 17.8. The monoisotopic (exact) mass is 342 g/mol. The molecule has 2 aliphatic rings. The van der Waals surface area contributed by atoms with Gasteiger partial charge in [0.15, 0.2) is 0 Å². The van der Waals surface area contributed by atoms with Crippen LogP contribution >= 0.6 is 0 Å². The number of rotatable bonds is 8. The van der Waals surface area contributed by atoms with E-state index < -0.39 is 0 Å². The van der Waals surface area contributed by atoms with Crippen molar-refractivity contribution < 1.29 is 9.53 Å². The van der Waals surface area contributed by atoms with Crippen LogP contribution in [-0.2, 0) is 22.4 Å². The third-order valence-corrected chi connectivity index (χ3v) is 6.69. The number of aryl methyl sites for hydroxylation is 1. The van der Waals surface area contributed by atoms with Crippen molar-refractivity contribution >= 4 is 5.78 Å². The lowest BCUT2D eigenvalue weighted by molar-refractivity contribution is -0.121. The number of ether oxygens (including phenoxy) is 1. The molecule has 0 spiro atoms. The highest BCUT2D eigenvalue weighted by Gasteiger charge is 2.44. The maximum atomic E-state index is 12.7. The topological polar surface area (TPSA) is 26.3 Å². The molecule has 0 amide bonds. The highest BCUT2D eigenvalue weighted by molar-refractivity contribution is 5.84. The number of methoxy groups -OCH3 is 1. The van der Waals surface area contributed by atoms with Crippen molar-refractivity contribution in [3.8, 4) is 0 Å². The molecule has 3 rings (SSSR count). The molecule has 0 radical (unpaired) electrons. The van der Waals surface area contributed by atoms with Gasteiger partial charge in [-0.05, 0) is 67.6 Å². The Labute approximate surface area is 153 Å². The van der Waals surface area contributed by atoms with Crippen molar-refractivity contribution in [2.24, 2.45) is 17.8 Å². The number of fused-ring (bicyclic) bond motifs is 2. The van der Waals surface area contributed by atoms with Crippen LogP contribution in [0.15, 0.2) is 18.2 Å². The van der Waals surface area contributed by atoms with Gasteiger partial charge in [0.2, 0.25) is 0 Å². The summed E-state index contributed by atoms with van der Waals surface area (Å²) in [5.74, 6) is 1.92. The number of carbonyl (C=O) groups excluding carboxylic acids is 1. The Morgan fingerprint density at radius 1 is 1.16 bits per heavy atom. The first kappa shape index (κ1) is 18.6. The van der Waals surface area contributed by atoms with Gasteiger partial charge < -0.3 is 4.74 Å². The molecule has 0 saturated heterocycles. The maximum Gasteiger partial charge on any atom is 0.136 e. The number of ketones is 1. The van der Waals surface area contributed by atoms with E-state index in [-0.39, 0.29) is 5.92 Å². The highest BCUT2D eigenvalue weighted by atomic mass is 16.5. The molecule has 1 aromatic carbocycles. The van der Waals surface area contributed by atoms with Gasteiger partial charge in [-0.1, -0.05) is 44.4 Å². The van der Waals surface area contributed by atoms with Crippen LogP contribution in [0.2, 0.25) is 0 Å². The molecule has 138 valence electrons. The van der Waals surface area contributed by atoms with Crippen LogP contribution in [0.3, 0.4) is 0 Å². The first-order valence-corrected chi connectivity index (χ1v) is 10.3. The molecule has 0 aliphatic heterocycles. The van der Waals surface area contributed by atoms with Crippen molar-refractivity contribution in [1.29, 1.82) is 0 Å². The Morgan fingerprint density at radius 3 is 2.76 bits per heavy atom. The van der Waals surface area contributed by atoms with Crippen LogP contribution in [0, 0.1) is 24.7 Å². The van der Waals surface area contributed by atoms with E-state index in [0.29, 0.717) is 23.7 Å². The average Bonchev–Trinajstić information content (AvgIpc) is 2.91. The number of unbranched alkanes of at least 4 members (excludes halogenated alkanes) is 2. The third-order valence-electron chi connectivity index (χ3n) is 6.69. The standard InChI is InChI=1S/C23H34O2/c1-4-5-6-10-19(25-3)11-12-20-22-13-17-9-7-8-16(2)21(17)14-18(22)15-23(20)24/h7-9,18-20,22H,4-6,10-15H2,1-3H3/t18?,19-,20?,22?/m0/s1. The molecule has 0 bridgehead atoms. The Balaban J connectivity index is 1.62. The molecule has 0 N–H and O–H groups in total. The first-order chi connectivity index (χ1) is 12.1. The molecule has 0 aromatic heterocycles. The Bertz CT molecular complexity index is 592. The molecule has 2 heteroatoms. The van der Waals surface area contributed by atoms with Crippen molar-refractivity contribution in [2.45, 2.75) is 77.7 Å². The number of hydrogen-bond donors (Lipinski definition) is 0. The molecule has 3 unspecified atom stereocenters. The molecule has 0 heterocycles. The molecule has 1 aromatic rings. The second-order valence-corrected chi connectivity index (χ2v) is 8.25. The zero-order valence-electron chi connectivity index (χ0n) is 16.2. The van der Waals surface area contributed by atoms with Gasteiger partial charge in [0, 0.05) is 19.4 Å². The summed E-state index contributed by atoms with van der Waals surface area (Å²) in [4.78, 5) is 12.7. The van der Waals surface area contributed by atoms with E-state index in [4.69, 9.17) is 4.74 Å². The van der Waals surface area contributed by atoms with Gasteiger partial charge in [-0.25, -0.2) is 0 Å². The number of Topliss-reactive ketones (excluding diaryl/α,β-unsaturated/α-hetero) is 1. The van der Waals surface area contributed by atoms with Crippen molar-refractivity contribution in [3.63, 3.8) is 0 Å². The fourth-order valence-corrected chi connectivity index (χ4v) is 5.17. The Hall–Kier alpha value is -1.15. The highest BCUT2D eigenvalue weighted by Crippen LogP contribution is 2.45. The first-order valence-electron chi connectivity index (χ1n) is 10.3. The molecule has 4 atom stereocenters. The lowest BCUT2D eigenvalue weighted by Crippen LogP contribution is -2.27. The quantitative estimate of drug-likeness (QED) is 0.600. The van der Waals surface area contributed by atoms with Crippen LogP contribution in [-0.4, -0.2) is 19.0 Å². The van der Waals surface area contributed by atoms with Crippen molar-refractivity contribution in [2.75, 3.05) is 7.11 Å². The third kappa shape index (κ3) is 4.16. The van der Waals surface area contributed by atoms with Gasteiger partial charge in [0.25, 0.3) is 0 Å². The fourth-order valence-electron chi connectivity index (χ4n) is 5.17. The zero-order valence-corrected chi connectivity index (χ0v) is 16.2. The van der Waals surface area contributed by atoms with Crippen LogP contribution in [0.1, 0.15) is 68.6 Å². The summed E-state index contributed by atoms with van der Waals surface area (Å²) in [6.45, 7) is 4.45. The second kappa shape index (κ2) is 8.49.